The molecule has 2 aliphatic rings. The molecule has 1 amide bonds. The number of amides is 1. The van der Waals surface area contributed by atoms with Gasteiger partial charge < -0.3 is 14.5 Å². The summed E-state index contributed by atoms with van der Waals surface area (Å²) in [5.74, 6) is 1.90. The lowest BCUT2D eigenvalue weighted by molar-refractivity contribution is -0.137. The Balaban J connectivity index is 1.06. The third-order valence-corrected chi connectivity index (χ3v) is 8.05. The summed E-state index contributed by atoms with van der Waals surface area (Å²) in [6.45, 7) is 5.60. The number of fused-ring (bicyclic) bond motifs is 1. The summed E-state index contributed by atoms with van der Waals surface area (Å²) in [5, 5.41) is 0. The number of aromatic nitrogens is 2. The number of benzene rings is 3. The molecular formula is C31H34FN5O2. The number of nitrogens with zero attached hydrogens (tertiary/aromatic N) is 5. The summed E-state index contributed by atoms with van der Waals surface area (Å²) in [6.07, 6.45) is 1.71. The van der Waals surface area contributed by atoms with Crippen molar-refractivity contribution in [3.8, 4) is 11.4 Å². The van der Waals surface area contributed by atoms with Gasteiger partial charge in [0.1, 0.15) is 17.4 Å². The molecule has 0 radical (unpaired) electrons. The molecule has 0 spiro atoms. The number of methoxy groups -OCH3 is 1. The normalized spacial score (nSPS) is 17.1. The van der Waals surface area contributed by atoms with Crippen molar-refractivity contribution in [2.75, 3.05) is 51.3 Å². The molecule has 2 saturated heterocycles. The van der Waals surface area contributed by atoms with Crippen molar-refractivity contribution >= 4 is 22.6 Å². The van der Waals surface area contributed by atoms with E-state index in [9.17, 15) is 9.18 Å². The van der Waals surface area contributed by atoms with E-state index in [1.807, 2.05) is 35.2 Å². The molecule has 39 heavy (non-hydrogen) atoms. The quantitative estimate of drug-likeness (QED) is 0.363. The molecular weight excluding hydrogens is 493 g/mol. The maximum atomic E-state index is 13.6. The number of halogens is 1. The van der Waals surface area contributed by atoms with Gasteiger partial charge in [-0.15, -0.1) is 0 Å². The second-order valence-corrected chi connectivity index (χ2v) is 10.4. The van der Waals surface area contributed by atoms with Crippen LogP contribution in [0.3, 0.4) is 0 Å². The second kappa shape index (κ2) is 11.1. The zero-order valence-corrected chi connectivity index (χ0v) is 22.3. The van der Waals surface area contributed by atoms with Crippen molar-refractivity contribution in [3.05, 3.63) is 84.4 Å². The van der Waals surface area contributed by atoms with Crippen molar-refractivity contribution in [2.45, 2.75) is 19.4 Å². The average Bonchev–Trinajstić information content (AvgIpc) is 3.35. The summed E-state index contributed by atoms with van der Waals surface area (Å²) < 4.78 is 21.0. The highest BCUT2D eigenvalue weighted by Crippen LogP contribution is 2.27. The van der Waals surface area contributed by atoms with Gasteiger partial charge in [-0.1, -0.05) is 12.1 Å². The molecule has 3 aromatic carbocycles. The Morgan fingerprint density at radius 2 is 1.54 bits per heavy atom. The summed E-state index contributed by atoms with van der Waals surface area (Å²) in [5.41, 5.74) is 4.01. The predicted octanol–water partition coefficient (Wildman–Crippen LogP) is 4.73. The summed E-state index contributed by atoms with van der Waals surface area (Å²) in [7, 11) is 1.68. The molecule has 202 valence electrons. The Kier molecular flexibility index (Phi) is 7.20. The van der Waals surface area contributed by atoms with Crippen LogP contribution in [0.25, 0.3) is 16.7 Å². The molecule has 0 saturated carbocycles. The SMILES string of the molecule is COc1ccc(N2CCN(C(=O)C3CCN(Cc4nc5ccccc5n4-c4ccc(F)cc4)CC3)CC2)cc1. The Morgan fingerprint density at radius 1 is 0.872 bits per heavy atom. The van der Waals surface area contributed by atoms with Gasteiger partial charge in [0.2, 0.25) is 5.91 Å². The van der Waals surface area contributed by atoms with Gasteiger partial charge in [-0.05, 0) is 86.6 Å². The van der Waals surface area contributed by atoms with Crippen LogP contribution in [0.15, 0.2) is 72.8 Å². The number of piperidine rings is 1. The molecule has 8 heteroatoms. The number of para-hydroxylation sites is 2. The molecule has 2 fully saturated rings. The fourth-order valence-corrected chi connectivity index (χ4v) is 5.83. The maximum Gasteiger partial charge on any atom is 0.225 e. The fraction of sp³-hybridized carbons (Fsp3) is 0.355. The van der Waals surface area contributed by atoms with Crippen LogP contribution < -0.4 is 9.64 Å². The Bertz CT molecular complexity index is 1420. The second-order valence-electron chi connectivity index (χ2n) is 10.4. The molecule has 3 heterocycles. The monoisotopic (exact) mass is 527 g/mol. The molecule has 0 N–H and O–H groups in total. The molecule has 4 aromatic rings. The number of ether oxygens (including phenoxy) is 1. The van der Waals surface area contributed by atoms with Crippen LogP contribution in [-0.4, -0.2) is 71.6 Å². The van der Waals surface area contributed by atoms with Gasteiger partial charge in [-0.25, -0.2) is 9.37 Å². The van der Waals surface area contributed by atoms with E-state index in [-0.39, 0.29) is 11.7 Å². The largest absolute Gasteiger partial charge is 0.497 e. The first-order chi connectivity index (χ1) is 19.1. The maximum absolute atomic E-state index is 13.6. The molecule has 6 rings (SSSR count). The molecule has 1 aromatic heterocycles. The van der Waals surface area contributed by atoms with E-state index in [2.05, 4.69) is 32.6 Å². The first-order valence-electron chi connectivity index (χ1n) is 13.7. The van der Waals surface area contributed by atoms with Gasteiger partial charge >= 0.3 is 0 Å². The number of carbonyl (C=O) groups is 1. The van der Waals surface area contributed by atoms with Crippen LogP contribution in [0.2, 0.25) is 0 Å². The van der Waals surface area contributed by atoms with Crippen molar-refractivity contribution in [3.63, 3.8) is 0 Å². The predicted molar refractivity (Wildman–Crippen MR) is 151 cm³/mol. The number of hydrogen-bond donors (Lipinski definition) is 0. The van der Waals surface area contributed by atoms with E-state index in [1.54, 1.807) is 19.2 Å². The topological polar surface area (TPSA) is 53.8 Å². The van der Waals surface area contributed by atoms with Gasteiger partial charge in [-0.2, -0.15) is 0 Å². The van der Waals surface area contributed by atoms with Crippen LogP contribution >= 0.6 is 0 Å². The van der Waals surface area contributed by atoms with E-state index in [1.165, 1.54) is 17.8 Å². The van der Waals surface area contributed by atoms with Gasteiger partial charge in [0.05, 0.1) is 24.7 Å². The Labute approximate surface area is 228 Å². The number of piperazine rings is 1. The van der Waals surface area contributed by atoms with E-state index in [0.717, 1.165) is 80.4 Å². The van der Waals surface area contributed by atoms with E-state index in [0.29, 0.717) is 12.5 Å². The number of likely N-dealkylation sites (tertiary alicyclic amines) is 1. The molecule has 7 nitrogen and oxygen atoms in total. The highest BCUT2D eigenvalue weighted by molar-refractivity contribution is 5.79. The standard InChI is InChI=1S/C31H34FN5O2/c1-39-27-12-10-25(11-13-27)35-18-20-36(21-19-35)31(38)23-14-16-34(17-15-23)22-30-33-28-4-2-3-5-29(28)37(30)26-8-6-24(32)7-9-26/h2-13,23H,14-22H2,1H3. The molecule has 2 aliphatic heterocycles. The van der Waals surface area contributed by atoms with Crippen molar-refractivity contribution in [1.29, 1.82) is 0 Å². The van der Waals surface area contributed by atoms with Crippen LogP contribution in [0, 0.1) is 11.7 Å². The van der Waals surface area contributed by atoms with Crippen molar-refractivity contribution < 1.29 is 13.9 Å². The lowest BCUT2D eigenvalue weighted by Gasteiger charge is -2.39. The summed E-state index contributed by atoms with van der Waals surface area (Å²) >= 11 is 0. The van der Waals surface area contributed by atoms with Gasteiger partial charge in [-0.3, -0.25) is 14.3 Å². The van der Waals surface area contributed by atoms with Crippen LogP contribution in [0.5, 0.6) is 5.75 Å². The lowest BCUT2D eigenvalue weighted by Crippen LogP contribution is -2.51. The fourth-order valence-electron chi connectivity index (χ4n) is 5.83. The Morgan fingerprint density at radius 3 is 2.23 bits per heavy atom. The van der Waals surface area contributed by atoms with Gasteiger partial charge in [0.15, 0.2) is 0 Å². The minimum atomic E-state index is -0.251. The zero-order valence-electron chi connectivity index (χ0n) is 22.3. The highest BCUT2D eigenvalue weighted by atomic mass is 19.1. The van der Waals surface area contributed by atoms with Gasteiger partial charge in [0, 0.05) is 43.5 Å². The molecule has 0 atom stereocenters. The summed E-state index contributed by atoms with van der Waals surface area (Å²) in [4.78, 5) is 25.0. The Hall–Kier alpha value is -3.91. The smallest absolute Gasteiger partial charge is 0.225 e. The summed E-state index contributed by atoms with van der Waals surface area (Å²) in [6, 6.07) is 22.7. The highest BCUT2D eigenvalue weighted by Gasteiger charge is 2.31. The number of rotatable bonds is 6. The third-order valence-electron chi connectivity index (χ3n) is 8.05. The van der Waals surface area contributed by atoms with E-state index < -0.39 is 0 Å². The van der Waals surface area contributed by atoms with Crippen LogP contribution in [-0.2, 0) is 11.3 Å². The number of carbonyl (C=O) groups excluding carboxylic acids is 1. The minimum absolute atomic E-state index is 0.0738. The zero-order chi connectivity index (χ0) is 26.8. The first kappa shape index (κ1) is 25.4. The first-order valence-corrected chi connectivity index (χ1v) is 13.7. The van der Waals surface area contributed by atoms with Crippen LogP contribution in [0.1, 0.15) is 18.7 Å². The average molecular weight is 528 g/mol. The lowest BCUT2D eigenvalue weighted by atomic mass is 9.95. The van der Waals surface area contributed by atoms with E-state index in [4.69, 9.17) is 9.72 Å². The third kappa shape index (κ3) is 5.34. The number of hydrogen-bond acceptors (Lipinski definition) is 5. The number of imidazole rings is 1. The molecule has 0 unspecified atom stereocenters. The minimum Gasteiger partial charge on any atom is -0.497 e. The molecule has 0 bridgehead atoms. The van der Waals surface area contributed by atoms with Gasteiger partial charge in [0.25, 0.3) is 0 Å². The number of anilines is 1. The van der Waals surface area contributed by atoms with Crippen molar-refractivity contribution in [2.24, 2.45) is 5.92 Å². The van der Waals surface area contributed by atoms with Crippen LogP contribution in [0.4, 0.5) is 10.1 Å². The van der Waals surface area contributed by atoms with E-state index >= 15 is 0 Å². The molecule has 0 aliphatic carbocycles. The van der Waals surface area contributed by atoms with Crippen molar-refractivity contribution in [1.82, 2.24) is 19.4 Å².